The van der Waals surface area contributed by atoms with E-state index in [9.17, 15) is 8.42 Å². The molecule has 0 radical (unpaired) electrons. The Hall–Kier alpha value is -1.31. The van der Waals surface area contributed by atoms with Crippen LogP contribution in [0.4, 0.5) is 11.4 Å². The Labute approximate surface area is 106 Å². The van der Waals surface area contributed by atoms with Gasteiger partial charge in [-0.15, -0.1) is 0 Å². The van der Waals surface area contributed by atoms with Gasteiger partial charge in [-0.2, -0.15) is 0 Å². The van der Waals surface area contributed by atoms with Crippen LogP contribution in [0.25, 0.3) is 0 Å². The molecule has 1 saturated heterocycles. The molecule has 1 aromatic rings. The third-order valence-corrected chi connectivity index (χ3v) is 4.06. The lowest BCUT2D eigenvalue weighted by Gasteiger charge is -2.19. The fourth-order valence-electron chi connectivity index (χ4n) is 2.04. The van der Waals surface area contributed by atoms with Gasteiger partial charge in [0, 0.05) is 6.61 Å². The van der Waals surface area contributed by atoms with Crippen LogP contribution in [-0.4, -0.2) is 27.2 Å². The van der Waals surface area contributed by atoms with E-state index in [1.807, 2.05) is 6.92 Å². The molecule has 1 aliphatic heterocycles. The third kappa shape index (κ3) is 2.58. The second-order valence-corrected chi connectivity index (χ2v) is 5.91. The maximum absolute atomic E-state index is 11.4. The number of hydrogen-bond donors (Lipinski definition) is 3. The molecule has 0 aliphatic carbocycles. The number of nitrogen functional groups attached to an aromatic ring is 1. The van der Waals surface area contributed by atoms with Gasteiger partial charge in [-0.1, -0.05) is 6.07 Å². The molecule has 18 heavy (non-hydrogen) atoms. The Bertz CT molecular complexity index is 544. The summed E-state index contributed by atoms with van der Waals surface area (Å²) in [6.45, 7) is 2.65. The van der Waals surface area contributed by atoms with Crippen molar-refractivity contribution in [3.05, 3.63) is 18.2 Å². The van der Waals surface area contributed by atoms with Crippen LogP contribution in [0.1, 0.15) is 13.3 Å². The molecule has 0 amide bonds. The second kappa shape index (κ2) is 4.75. The molecule has 2 rings (SSSR count). The van der Waals surface area contributed by atoms with E-state index in [1.165, 1.54) is 6.07 Å². The van der Waals surface area contributed by atoms with E-state index in [4.69, 9.17) is 15.6 Å². The summed E-state index contributed by atoms with van der Waals surface area (Å²) in [4.78, 5) is -0.0564. The molecule has 0 saturated carbocycles. The zero-order valence-electron chi connectivity index (χ0n) is 10.1. The number of nitrogens with two attached hydrogens (primary N) is 2. The molecule has 1 heterocycles. The van der Waals surface area contributed by atoms with Crippen molar-refractivity contribution in [3.8, 4) is 0 Å². The molecule has 5 N–H and O–H groups in total. The Kier molecular flexibility index (Phi) is 3.47. The smallest absolute Gasteiger partial charge is 0.240 e. The van der Waals surface area contributed by atoms with E-state index < -0.39 is 10.0 Å². The first-order valence-corrected chi connectivity index (χ1v) is 7.23. The van der Waals surface area contributed by atoms with Gasteiger partial charge in [0.05, 0.1) is 23.5 Å². The number of para-hydroxylation sites is 1. The van der Waals surface area contributed by atoms with Gasteiger partial charge in [-0.25, -0.2) is 13.6 Å². The summed E-state index contributed by atoms with van der Waals surface area (Å²) >= 11 is 0. The van der Waals surface area contributed by atoms with Crippen molar-refractivity contribution in [1.29, 1.82) is 0 Å². The molecule has 2 atom stereocenters. The van der Waals surface area contributed by atoms with Crippen LogP contribution in [0.3, 0.4) is 0 Å². The zero-order chi connectivity index (χ0) is 13.3. The summed E-state index contributed by atoms with van der Waals surface area (Å²) < 4.78 is 28.1. The molecule has 1 aliphatic rings. The molecule has 1 fully saturated rings. The lowest BCUT2D eigenvalue weighted by atomic mass is 10.1. The predicted octanol–water partition coefficient (Wildman–Crippen LogP) is 0.505. The van der Waals surface area contributed by atoms with E-state index in [-0.39, 0.29) is 22.7 Å². The number of rotatable bonds is 3. The van der Waals surface area contributed by atoms with Gasteiger partial charge in [-0.3, -0.25) is 0 Å². The summed E-state index contributed by atoms with van der Waals surface area (Å²) in [6.07, 6.45) is 0.933. The maximum atomic E-state index is 11.4. The molecular formula is C11H17N3O3S. The first-order chi connectivity index (χ1) is 8.39. The third-order valence-electron chi connectivity index (χ3n) is 3.09. The second-order valence-electron chi connectivity index (χ2n) is 4.38. The van der Waals surface area contributed by atoms with Crippen molar-refractivity contribution >= 4 is 21.4 Å². The van der Waals surface area contributed by atoms with Crippen molar-refractivity contribution in [2.75, 3.05) is 17.7 Å². The summed E-state index contributed by atoms with van der Waals surface area (Å²) in [7, 11) is -3.80. The highest BCUT2D eigenvalue weighted by molar-refractivity contribution is 7.89. The van der Waals surface area contributed by atoms with Crippen LogP contribution in [0.5, 0.6) is 0 Å². The van der Waals surface area contributed by atoms with E-state index in [1.54, 1.807) is 12.1 Å². The monoisotopic (exact) mass is 271 g/mol. The van der Waals surface area contributed by atoms with E-state index in [0.29, 0.717) is 12.3 Å². The number of anilines is 2. The van der Waals surface area contributed by atoms with Crippen LogP contribution in [0, 0.1) is 0 Å². The first-order valence-electron chi connectivity index (χ1n) is 5.69. The molecule has 0 aromatic heterocycles. The van der Waals surface area contributed by atoms with Crippen molar-refractivity contribution in [3.63, 3.8) is 0 Å². The minimum Gasteiger partial charge on any atom is -0.396 e. The highest BCUT2D eigenvalue weighted by Gasteiger charge is 2.25. The van der Waals surface area contributed by atoms with Gasteiger partial charge in [0.1, 0.15) is 4.90 Å². The fourth-order valence-corrected chi connectivity index (χ4v) is 2.72. The Morgan fingerprint density at radius 1 is 1.44 bits per heavy atom. The number of primary sulfonamides is 1. The molecule has 100 valence electrons. The number of sulfonamides is 1. The standard InChI is InChI=1S/C11H17N3O3S/c1-7-8(5-6-17-7)14-9-3-2-4-10(11(9)12)18(13,15)16/h2-4,7-8,14H,5-6,12H2,1H3,(H2,13,15,16). The molecule has 0 spiro atoms. The zero-order valence-corrected chi connectivity index (χ0v) is 10.9. The summed E-state index contributed by atoms with van der Waals surface area (Å²) in [6, 6.07) is 4.86. The van der Waals surface area contributed by atoms with Gasteiger partial charge >= 0.3 is 0 Å². The number of benzene rings is 1. The van der Waals surface area contributed by atoms with Crippen molar-refractivity contribution in [1.82, 2.24) is 0 Å². The Balaban J connectivity index is 2.29. The minimum absolute atomic E-state index is 0.0564. The molecule has 7 heteroatoms. The van der Waals surface area contributed by atoms with E-state index in [0.717, 1.165) is 6.42 Å². The van der Waals surface area contributed by atoms with E-state index >= 15 is 0 Å². The molecule has 6 nitrogen and oxygen atoms in total. The van der Waals surface area contributed by atoms with Gasteiger partial charge in [0.2, 0.25) is 10.0 Å². The van der Waals surface area contributed by atoms with Crippen molar-refractivity contribution in [2.24, 2.45) is 5.14 Å². The normalized spacial score (nSPS) is 24.1. The minimum atomic E-state index is -3.80. The fraction of sp³-hybridized carbons (Fsp3) is 0.455. The van der Waals surface area contributed by atoms with E-state index in [2.05, 4.69) is 5.32 Å². The average molecular weight is 271 g/mol. The molecule has 0 bridgehead atoms. The topological polar surface area (TPSA) is 107 Å². The highest BCUT2D eigenvalue weighted by Crippen LogP contribution is 2.28. The summed E-state index contributed by atoms with van der Waals surface area (Å²) in [5.41, 5.74) is 6.56. The lowest BCUT2D eigenvalue weighted by molar-refractivity contribution is 0.121. The maximum Gasteiger partial charge on any atom is 0.240 e. The van der Waals surface area contributed by atoms with Crippen molar-refractivity contribution in [2.45, 2.75) is 30.4 Å². The van der Waals surface area contributed by atoms with Crippen LogP contribution in [-0.2, 0) is 14.8 Å². The van der Waals surface area contributed by atoms with Gasteiger partial charge in [-0.05, 0) is 25.5 Å². The summed E-state index contributed by atoms with van der Waals surface area (Å²) in [5, 5.41) is 8.30. The Morgan fingerprint density at radius 3 is 2.72 bits per heavy atom. The molecular weight excluding hydrogens is 254 g/mol. The highest BCUT2D eigenvalue weighted by atomic mass is 32.2. The number of nitrogens with one attached hydrogen (secondary N) is 1. The SMILES string of the molecule is CC1OCCC1Nc1cccc(S(N)(=O)=O)c1N. The lowest BCUT2D eigenvalue weighted by Crippen LogP contribution is -2.27. The number of hydrogen-bond acceptors (Lipinski definition) is 5. The van der Waals surface area contributed by atoms with Crippen LogP contribution < -0.4 is 16.2 Å². The molecule has 1 aromatic carbocycles. The number of ether oxygens (including phenoxy) is 1. The largest absolute Gasteiger partial charge is 0.396 e. The van der Waals surface area contributed by atoms with Gasteiger partial charge < -0.3 is 15.8 Å². The van der Waals surface area contributed by atoms with Crippen molar-refractivity contribution < 1.29 is 13.2 Å². The summed E-state index contributed by atoms with van der Waals surface area (Å²) in [5.74, 6) is 0. The van der Waals surface area contributed by atoms with Crippen LogP contribution in [0.15, 0.2) is 23.1 Å². The van der Waals surface area contributed by atoms with Crippen LogP contribution in [0.2, 0.25) is 0 Å². The van der Waals surface area contributed by atoms with Crippen LogP contribution >= 0.6 is 0 Å². The van der Waals surface area contributed by atoms with Gasteiger partial charge in [0.15, 0.2) is 0 Å². The predicted molar refractivity (Wildman–Crippen MR) is 69.7 cm³/mol. The average Bonchev–Trinajstić information content (AvgIpc) is 2.66. The Morgan fingerprint density at radius 2 is 2.17 bits per heavy atom. The first kappa shape index (κ1) is 13.1. The quantitative estimate of drug-likeness (QED) is 0.694. The molecule has 2 unspecified atom stereocenters. The van der Waals surface area contributed by atoms with Gasteiger partial charge in [0.25, 0.3) is 0 Å².